The van der Waals surface area contributed by atoms with Crippen molar-refractivity contribution in [1.29, 1.82) is 0 Å². The van der Waals surface area contributed by atoms with E-state index in [4.69, 9.17) is 4.74 Å². The van der Waals surface area contributed by atoms with Crippen LogP contribution < -0.4 is 10.6 Å². The Balaban J connectivity index is 0.00000385. The molecule has 0 aromatic heterocycles. The molecule has 1 aliphatic rings. The summed E-state index contributed by atoms with van der Waals surface area (Å²) in [5, 5.41) is 6.75. The number of aliphatic imine (C=N–C) groups is 1. The summed E-state index contributed by atoms with van der Waals surface area (Å²) in [6, 6.07) is 16.5. The second-order valence-electron chi connectivity index (χ2n) is 8.21. The van der Waals surface area contributed by atoms with E-state index >= 15 is 0 Å². The summed E-state index contributed by atoms with van der Waals surface area (Å²) in [6.07, 6.45) is 0.810. The van der Waals surface area contributed by atoms with Crippen LogP contribution in [-0.4, -0.2) is 75.7 Å². The Kier molecular flexibility index (Phi) is 11.6. The number of carbonyl (C=O) groups excluding carboxylic acids is 1. The quantitative estimate of drug-likeness (QED) is 0.293. The van der Waals surface area contributed by atoms with Crippen LogP contribution in [0.3, 0.4) is 0 Å². The van der Waals surface area contributed by atoms with Gasteiger partial charge in [0.25, 0.3) is 5.91 Å². The first-order valence-electron chi connectivity index (χ1n) is 11.2. The zero-order valence-corrected chi connectivity index (χ0v) is 22.2. The number of hydrogen-bond acceptors (Lipinski definition) is 4. The van der Waals surface area contributed by atoms with Gasteiger partial charge in [0.1, 0.15) is 0 Å². The number of nitrogens with zero attached hydrogens (tertiary/aromatic N) is 3. The summed E-state index contributed by atoms with van der Waals surface area (Å²) in [6.45, 7) is 6.02. The number of morpholine rings is 1. The van der Waals surface area contributed by atoms with Crippen molar-refractivity contribution < 1.29 is 9.53 Å². The first kappa shape index (κ1) is 27.1. The van der Waals surface area contributed by atoms with E-state index < -0.39 is 0 Å². The van der Waals surface area contributed by atoms with E-state index in [0.29, 0.717) is 12.1 Å². The summed E-state index contributed by atoms with van der Waals surface area (Å²) in [4.78, 5) is 20.5. The SMILES string of the molecule is CN=C(NCCc1cccc(C(=O)N(C)C)c1)NCc1cccc(CN2CCOCC2)c1.I. The molecule has 0 atom stereocenters. The van der Waals surface area contributed by atoms with Crippen molar-refractivity contribution >= 4 is 35.8 Å². The highest BCUT2D eigenvalue weighted by atomic mass is 127. The maximum atomic E-state index is 12.2. The van der Waals surface area contributed by atoms with Crippen molar-refractivity contribution in [3.05, 3.63) is 70.8 Å². The van der Waals surface area contributed by atoms with E-state index in [0.717, 1.165) is 57.3 Å². The fourth-order valence-corrected chi connectivity index (χ4v) is 3.71. The van der Waals surface area contributed by atoms with Gasteiger partial charge in [-0.15, -0.1) is 24.0 Å². The first-order valence-corrected chi connectivity index (χ1v) is 11.2. The minimum atomic E-state index is 0. The second kappa shape index (κ2) is 14.2. The molecule has 2 aromatic rings. The van der Waals surface area contributed by atoms with Gasteiger partial charge in [0, 0.05) is 59.4 Å². The van der Waals surface area contributed by atoms with Gasteiger partial charge in [-0.25, -0.2) is 0 Å². The molecule has 7 nitrogen and oxygen atoms in total. The molecule has 1 aliphatic heterocycles. The fourth-order valence-electron chi connectivity index (χ4n) is 3.71. The van der Waals surface area contributed by atoms with Crippen molar-refractivity contribution in [1.82, 2.24) is 20.4 Å². The molecule has 0 bridgehead atoms. The molecule has 0 spiro atoms. The molecular weight excluding hydrogens is 529 g/mol. The minimum Gasteiger partial charge on any atom is -0.379 e. The fraction of sp³-hybridized carbons (Fsp3) is 0.440. The van der Waals surface area contributed by atoms with Gasteiger partial charge in [0.15, 0.2) is 5.96 Å². The van der Waals surface area contributed by atoms with Crippen LogP contribution in [-0.2, 0) is 24.2 Å². The molecule has 0 saturated carbocycles. The summed E-state index contributed by atoms with van der Waals surface area (Å²) in [7, 11) is 5.32. The highest BCUT2D eigenvalue weighted by molar-refractivity contribution is 14.0. The smallest absolute Gasteiger partial charge is 0.253 e. The zero-order valence-electron chi connectivity index (χ0n) is 19.8. The number of ether oxygens (including phenoxy) is 1. The van der Waals surface area contributed by atoms with Crippen molar-refractivity contribution in [2.75, 3.05) is 54.0 Å². The molecule has 2 N–H and O–H groups in total. The van der Waals surface area contributed by atoms with Gasteiger partial charge in [0.05, 0.1) is 13.2 Å². The van der Waals surface area contributed by atoms with Gasteiger partial charge in [-0.1, -0.05) is 36.4 Å². The molecule has 1 fully saturated rings. The Morgan fingerprint density at radius 1 is 1.03 bits per heavy atom. The number of benzene rings is 2. The molecule has 0 radical (unpaired) electrons. The van der Waals surface area contributed by atoms with Crippen molar-refractivity contribution in [3.8, 4) is 0 Å². The lowest BCUT2D eigenvalue weighted by molar-refractivity contribution is 0.0342. The van der Waals surface area contributed by atoms with Crippen LogP contribution in [0.5, 0.6) is 0 Å². The Bertz CT molecular complexity index is 913. The molecule has 3 rings (SSSR count). The Morgan fingerprint density at radius 3 is 2.45 bits per heavy atom. The van der Waals surface area contributed by atoms with Crippen molar-refractivity contribution in [2.24, 2.45) is 4.99 Å². The normalized spacial score (nSPS) is 14.3. The van der Waals surface area contributed by atoms with Gasteiger partial charge < -0.3 is 20.3 Å². The van der Waals surface area contributed by atoms with Crippen molar-refractivity contribution in [3.63, 3.8) is 0 Å². The third-order valence-electron chi connectivity index (χ3n) is 5.47. The minimum absolute atomic E-state index is 0. The van der Waals surface area contributed by atoms with Crippen LogP contribution >= 0.6 is 24.0 Å². The third-order valence-corrected chi connectivity index (χ3v) is 5.47. The predicted octanol–water partition coefficient (Wildman–Crippen LogP) is 2.75. The standard InChI is InChI=1S/C25H35N5O2.HI/c1-26-25(27-11-10-20-6-5-9-23(17-20)24(31)29(2)3)28-18-21-7-4-8-22(16-21)19-30-12-14-32-15-13-30;/h4-9,16-17H,10-15,18-19H2,1-3H3,(H2,26,27,28);1H. The number of guanidine groups is 1. The molecule has 33 heavy (non-hydrogen) atoms. The molecule has 0 aliphatic carbocycles. The topological polar surface area (TPSA) is 69.2 Å². The molecule has 1 heterocycles. The molecule has 1 saturated heterocycles. The number of halogens is 1. The van der Waals surface area contributed by atoms with E-state index in [2.05, 4.69) is 44.8 Å². The van der Waals surface area contributed by atoms with Crippen LogP contribution in [0.4, 0.5) is 0 Å². The van der Waals surface area contributed by atoms with E-state index in [1.165, 1.54) is 11.1 Å². The lowest BCUT2D eigenvalue weighted by atomic mass is 10.1. The molecule has 2 aromatic carbocycles. The molecule has 8 heteroatoms. The Morgan fingerprint density at radius 2 is 1.73 bits per heavy atom. The highest BCUT2D eigenvalue weighted by Crippen LogP contribution is 2.10. The van der Waals surface area contributed by atoms with Gasteiger partial charge in [-0.2, -0.15) is 0 Å². The largest absolute Gasteiger partial charge is 0.379 e. The zero-order chi connectivity index (χ0) is 22.8. The lowest BCUT2D eigenvalue weighted by Gasteiger charge is -2.26. The van der Waals surface area contributed by atoms with E-state index in [-0.39, 0.29) is 29.9 Å². The average molecular weight is 566 g/mol. The molecule has 1 amide bonds. The number of rotatable bonds is 8. The van der Waals surface area contributed by atoms with Gasteiger partial charge in [-0.3, -0.25) is 14.7 Å². The third kappa shape index (κ3) is 8.94. The second-order valence-corrected chi connectivity index (χ2v) is 8.21. The number of nitrogens with one attached hydrogen (secondary N) is 2. The number of amides is 1. The van der Waals surface area contributed by atoms with Gasteiger partial charge in [-0.05, 0) is 35.2 Å². The Hall–Kier alpha value is -2.17. The van der Waals surface area contributed by atoms with Crippen LogP contribution in [0.25, 0.3) is 0 Å². The maximum absolute atomic E-state index is 12.2. The van der Waals surface area contributed by atoms with Crippen LogP contribution in [0, 0.1) is 0 Å². The summed E-state index contributed by atoms with van der Waals surface area (Å²) >= 11 is 0. The highest BCUT2D eigenvalue weighted by Gasteiger charge is 2.11. The van der Waals surface area contributed by atoms with Crippen LogP contribution in [0.15, 0.2) is 53.5 Å². The summed E-state index contributed by atoms with van der Waals surface area (Å²) in [5.41, 5.74) is 4.39. The summed E-state index contributed by atoms with van der Waals surface area (Å²) in [5.74, 6) is 0.789. The predicted molar refractivity (Wildman–Crippen MR) is 144 cm³/mol. The van der Waals surface area contributed by atoms with Crippen molar-refractivity contribution in [2.45, 2.75) is 19.5 Å². The molecule has 0 unspecified atom stereocenters. The molecular formula is C25H36IN5O2. The van der Waals surface area contributed by atoms with E-state index in [9.17, 15) is 4.79 Å². The monoisotopic (exact) mass is 565 g/mol. The Labute approximate surface area is 214 Å². The average Bonchev–Trinajstić information content (AvgIpc) is 2.82. The molecule has 180 valence electrons. The first-order chi connectivity index (χ1) is 15.5. The van der Waals surface area contributed by atoms with Gasteiger partial charge >= 0.3 is 0 Å². The summed E-state index contributed by atoms with van der Waals surface area (Å²) < 4.78 is 5.44. The van der Waals surface area contributed by atoms with Gasteiger partial charge in [0.2, 0.25) is 0 Å². The van der Waals surface area contributed by atoms with E-state index in [1.807, 2.05) is 24.3 Å². The van der Waals surface area contributed by atoms with Crippen LogP contribution in [0.2, 0.25) is 0 Å². The van der Waals surface area contributed by atoms with Crippen LogP contribution in [0.1, 0.15) is 27.0 Å². The maximum Gasteiger partial charge on any atom is 0.253 e. The number of carbonyl (C=O) groups is 1. The van der Waals surface area contributed by atoms with E-state index in [1.54, 1.807) is 26.0 Å². The number of hydrogen-bond donors (Lipinski definition) is 2. The lowest BCUT2D eigenvalue weighted by Crippen LogP contribution is -2.38.